The maximum atomic E-state index is 12.3. The molecule has 108 valence electrons. The van der Waals surface area contributed by atoms with Crippen molar-refractivity contribution in [2.24, 2.45) is 0 Å². The van der Waals surface area contributed by atoms with Crippen molar-refractivity contribution in [1.82, 2.24) is 14.8 Å². The summed E-state index contributed by atoms with van der Waals surface area (Å²) in [6.45, 7) is 2.55. The molecule has 0 fully saturated rings. The Balaban J connectivity index is 2.33. The molecule has 2 aromatic heterocycles. The summed E-state index contributed by atoms with van der Waals surface area (Å²) in [6, 6.07) is 3.09. The minimum absolute atomic E-state index is 0.0500. The molecule has 3 N–H and O–H groups in total. The number of rotatable bonds is 5. The molecule has 7 nitrogen and oxygen atoms in total. The molecular formula is C11H14ClN5O2S. The van der Waals surface area contributed by atoms with Crippen LogP contribution in [0.2, 0.25) is 5.15 Å². The Kier molecular flexibility index (Phi) is 4.15. The molecule has 0 radical (unpaired) electrons. The van der Waals surface area contributed by atoms with Crippen LogP contribution in [0.4, 0.5) is 11.5 Å². The number of nitrogens with zero attached hydrogens (tertiary/aromatic N) is 3. The molecule has 0 bridgehead atoms. The normalized spacial score (nSPS) is 11.5. The van der Waals surface area contributed by atoms with Crippen LogP contribution in [0.15, 0.2) is 29.4 Å². The fraction of sp³-hybridized carbons (Fsp3) is 0.273. The number of halogens is 1. The van der Waals surface area contributed by atoms with Gasteiger partial charge in [-0.05, 0) is 18.6 Å². The largest absolute Gasteiger partial charge is 0.381 e. The van der Waals surface area contributed by atoms with E-state index in [1.165, 1.54) is 23.1 Å². The first-order valence-electron chi connectivity index (χ1n) is 5.90. The van der Waals surface area contributed by atoms with Gasteiger partial charge in [-0.25, -0.2) is 13.4 Å². The number of sulfonamides is 1. The number of nitrogens with one attached hydrogen (secondary N) is 1. The van der Waals surface area contributed by atoms with E-state index in [0.717, 1.165) is 6.42 Å². The molecule has 20 heavy (non-hydrogen) atoms. The van der Waals surface area contributed by atoms with Gasteiger partial charge in [-0.15, -0.1) is 0 Å². The summed E-state index contributed by atoms with van der Waals surface area (Å²) in [5.74, 6) is -0.0500. The monoisotopic (exact) mass is 315 g/mol. The Hall–Kier alpha value is -1.80. The summed E-state index contributed by atoms with van der Waals surface area (Å²) in [5.41, 5.74) is 5.84. The predicted molar refractivity (Wildman–Crippen MR) is 77.0 cm³/mol. The van der Waals surface area contributed by atoms with E-state index in [2.05, 4.69) is 14.8 Å². The number of aryl methyl sites for hydroxylation is 1. The van der Waals surface area contributed by atoms with Gasteiger partial charge in [0.2, 0.25) is 0 Å². The third kappa shape index (κ3) is 3.02. The van der Waals surface area contributed by atoms with E-state index in [1.54, 1.807) is 6.07 Å². The second-order valence-electron chi connectivity index (χ2n) is 4.09. The number of aromatic nitrogens is 3. The highest BCUT2D eigenvalue weighted by Crippen LogP contribution is 2.24. The van der Waals surface area contributed by atoms with Crippen molar-refractivity contribution < 1.29 is 8.42 Å². The Morgan fingerprint density at radius 1 is 1.50 bits per heavy atom. The Morgan fingerprint density at radius 2 is 2.25 bits per heavy atom. The number of hydrogen-bond donors (Lipinski definition) is 2. The van der Waals surface area contributed by atoms with Gasteiger partial charge in [0, 0.05) is 18.9 Å². The van der Waals surface area contributed by atoms with Crippen LogP contribution in [0.1, 0.15) is 13.3 Å². The predicted octanol–water partition coefficient (Wildman–Crippen LogP) is 1.72. The van der Waals surface area contributed by atoms with Crippen molar-refractivity contribution in [3.63, 3.8) is 0 Å². The lowest BCUT2D eigenvalue weighted by molar-refractivity contribution is 0.595. The van der Waals surface area contributed by atoms with Gasteiger partial charge < -0.3 is 5.73 Å². The smallest absolute Gasteiger partial charge is 0.267 e. The zero-order chi connectivity index (χ0) is 14.8. The van der Waals surface area contributed by atoms with Crippen molar-refractivity contribution in [1.29, 1.82) is 0 Å². The van der Waals surface area contributed by atoms with Crippen LogP contribution < -0.4 is 10.5 Å². The van der Waals surface area contributed by atoms with Crippen LogP contribution >= 0.6 is 11.6 Å². The minimum atomic E-state index is -3.85. The lowest BCUT2D eigenvalue weighted by Gasteiger charge is -2.07. The topological polar surface area (TPSA) is 103 Å². The van der Waals surface area contributed by atoms with Gasteiger partial charge in [-0.2, -0.15) is 5.10 Å². The summed E-state index contributed by atoms with van der Waals surface area (Å²) >= 11 is 5.82. The Bertz CT molecular complexity index is 713. The summed E-state index contributed by atoms with van der Waals surface area (Å²) in [6.07, 6.45) is 3.68. The summed E-state index contributed by atoms with van der Waals surface area (Å²) < 4.78 is 28.4. The highest BCUT2D eigenvalue weighted by Gasteiger charge is 2.22. The van der Waals surface area contributed by atoms with Gasteiger partial charge in [-0.3, -0.25) is 9.40 Å². The molecule has 0 saturated heterocycles. The first kappa shape index (κ1) is 14.6. The number of anilines is 2. The van der Waals surface area contributed by atoms with E-state index >= 15 is 0 Å². The van der Waals surface area contributed by atoms with Crippen molar-refractivity contribution >= 4 is 33.1 Å². The molecule has 0 aliphatic heterocycles. The van der Waals surface area contributed by atoms with E-state index in [0.29, 0.717) is 6.54 Å². The lowest BCUT2D eigenvalue weighted by atomic mass is 10.4. The van der Waals surface area contributed by atoms with E-state index in [9.17, 15) is 8.42 Å². The van der Waals surface area contributed by atoms with Crippen molar-refractivity contribution in [2.75, 3.05) is 10.5 Å². The van der Waals surface area contributed by atoms with Crippen LogP contribution in [0.25, 0.3) is 0 Å². The fourth-order valence-electron chi connectivity index (χ4n) is 1.63. The van der Waals surface area contributed by atoms with Crippen LogP contribution in [0, 0.1) is 0 Å². The zero-order valence-corrected chi connectivity index (χ0v) is 12.3. The second-order valence-corrected chi connectivity index (χ2v) is 6.10. The summed E-state index contributed by atoms with van der Waals surface area (Å²) in [7, 11) is -3.85. The zero-order valence-electron chi connectivity index (χ0n) is 10.7. The molecular weight excluding hydrogens is 302 g/mol. The molecule has 0 unspecified atom stereocenters. The molecule has 2 aromatic rings. The van der Waals surface area contributed by atoms with Crippen LogP contribution in [0.3, 0.4) is 0 Å². The molecule has 0 amide bonds. The highest BCUT2D eigenvalue weighted by molar-refractivity contribution is 7.92. The number of hydrogen-bond acceptors (Lipinski definition) is 5. The van der Waals surface area contributed by atoms with Crippen LogP contribution in [-0.2, 0) is 16.6 Å². The quantitative estimate of drug-likeness (QED) is 0.818. The number of nitrogen functional groups attached to an aromatic ring is 1. The third-order valence-corrected chi connectivity index (χ3v) is 4.18. The highest BCUT2D eigenvalue weighted by atomic mass is 35.5. The third-order valence-electron chi connectivity index (χ3n) is 2.50. The van der Waals surface area contributed by atoms with Crippen LogP contribution in [-0.4, -0.2) is 23.2 Å². The standard InChI is InChI=1S/C11H14ClN5O2S/c1-2-6-17-7-9(11(13)15-17)20(18,19)16-8-4-3-5-14-10(8)12/h3-5,7,16H,2,6H2,1H3,(H2,13,15). The van der Waals surface area contributed by atoms with Crippen molar-refractivity contribution in [2.45, 2.75) is 24.8 Å². The molecule has 0 saturated carbocycles. The van der Waals surface area contributed by atoms with E-state index < -0.39 is 10.0 Å². The molecule has 2 heterocycles. The van der Waals surface area contributed by atoms with Crippen LogP contribution in [0.5, 0.6) is 0 Å². The number of nitrogens with two attached hydrogens (primary N) is 1. The number of pyridine rings is 1. The molecule has 2 rings (SSSR count). The molecule has 9 heteroatoms. The van der Waals surface area contributed by atoms with Gasteiger partial charge in [0.15, 0.2) is 11.0 Å². The first-order chi connectivity index (χ1) is 9.44. The average molecular weight is 316 g/mol. The lowest BCUT2D eigenvalue weighted by Crippen LogP contribution is -2.14. The molecule has 0 spiro atoms. The second kappa shape index (κ2) is 5.68. The molecule has 0 aromatic carbocycles. The van der Waals surface area contributed by atoms with Crippen molar-refractivity contribution in [3.05, 3.63) is 29.7 Å². The Labute approximate surface area is 121 Å². The van der Waals surface area contributed by atoms with Crippen molar-refractivity contribution in [3.8, 4) is 0 Å². The summed E-state index contributed by atoms with van der Waals surface area (Å²) in [5, 5.41) is 4.02. The van der Waals surface area contributed by atoms with E-state index in [-0.39, 0.29) is 21.6 Å². The first-order valence-corrected chi connectivity index (χ1v) is 7.76. The van der Waals surface area contributed by atoms with E-state index in [4.69, 9.17) is 17.3 Å². The van der Waals surface area contributed by atoms with Gasteiger partial charge in [0.05, 0.1) is 5.69 Å². The van der Waals surface area contributed by atoms with Gasteiger partial charge >= 0.3 is 0 Å². The maximum absolute atomic E-state index is 12.3. The summed E-state index contributed by atoms with van der Waals surface area (Å²) in [4.78, 5) is 3.72. The van der Waals surface area contributed by atoms with Gasteiger partial charge in [-0.1, -0.05) is 18.5 Å². The molecule has 0 aliphatic rings. The average Bonchev–Trinajstić information content (AvgIpc) is 2.74. The fourth-order valence-corrected chi connectivity index (χ4v) is 2.99. The van der Waals surface area contributed by atoms with Gasteiger partial charge in [0.25, 0.3) is 10.0 Å². The molecule has 0 atom stereocenters. The molecule has 0 aliphatic carbocycles. The minimum Gasteiger partial charge on any atom is -0.381 e. The van der Waals surface area contributed by atoms with E-state index in [1.807, 2.05) is 6.92 Å². The van der Waals surface area contributed by atoms with Gasteiger partial charge in [0.1, 0.15) is 4.90 Å². The maximum Gasteiger partial charge on any atom is 0.267 e. The SMILES string of the molecule is CCCn1cc(S(=O)(=O)Nc2cccnc2Cl)c(N)n1. The Morgan fingerprint density at radius 3 is 2.90 bits per heavy atom.